The van der Waals surface area contributed by atoms with Crippen LogP contribution in [0.15, 0.2) is 511 Å². The SMILES string of the molecule is [2H]c1c([2H])c([2H])c(-c2c3ccccc3c(-c3ccc(-c4cccc5c4oc4ccc6ccccc6c45)cc3)c3ccccc23)c([2H])c1[2H].c1ccc(-c2c3ccccc3c(-c3ccc(-c4ccc5oc6ccc7ccccc7c6c5c4)cc3)c3ccccc23)cc1.c1ccc(-c2ccc(-c3c4ccccc4c(-c4ccc(-c5cccc6oc7ccc8ccccc8c7c56)cc4)c4ccccc34)cc2)cc1. The number of benzene rings is 25. The zero-order valence-electron chi connectivity index (χ0n) is 78.2. The smallest absolute Gasteiger partial charge is 0.143 e. The van der Waals surface area contributed by atoms with E-state index in [0.29, 0.717) is 5.56 Å². The zero-order chi connectivity index (χ0) is 93.3. The molecular weight excluding hydrogens is 1630 g/mol. The first kappa shape index (κ1) is 73.1. The zero-order valence-corrected chi connectivity index (χ0v) is 73.2. The monoisotopic (exact) mass is 1720 g/mol. The van der Waals surface area contributed by atoms with Crippen LogP contribution < -0.4 is 0 Å². The van der Waals surface area contributed by atoms with Crippen LogP contribution in [-0.4, -0.2) is 0 Å². The molecule has 0 aliphatic rings. The molecule has 3 nitrogen and oxygen atoms in total. The van der Waals surface area contributed by atoms with Crippen molar-refractivity contribution in [1.29, 1.82) is 0 Å². The Kier molecular flexibility index (Phi) is 17.7. The summed E-state index contributed by atoms with van der Waals surface area (Å²) in [7, 11) is 0. The minimum atomic E-state index is -0.397. The van der Waals surface area contributed by atoms with Gasteiger partial charge in [-0.15, -0.1) is 0 Å². The van der Waals surface area contributed by atoms with Gasteiger partial charge in [-0.2, -0.15) is 0 Å². The molecule has 0 saturated heterocycles. The van der Waals surface area contributed by atoms with Gasteiger partial charge < -0.3 is 13.3 Å². The fourth-order valence-corrected chi connectivity index (χ4v) is 21.5. The van der Waals surface area contributed by atoms with Crippen molar-refractivity contribution in [3.63, 3.8) is 0 Å². The average molecular weight is 1720 g/mol. The van der Waals surface area contributed by atoms with Crippen LogP contribution in [0.2, 0.25) is 0 Å². The third-order valence-corrected chi connectivity index (χ3v) is 27.5. The van der Waals surface area contributed by atoms with Gasteiger partial charge in [0.25, 0.3) is 0 Å². The number of para-hydroxylation sites is 1. The van der Waals surface area contributed by atoms with Gasteiger partial charge in [-0.05, 0) is 239 Å². The maximum atomic E-state index is 8.80. The summed E-state index contributed by atoms with van der Waals surface area (Å²) < 4.78 is 61.6. The maximum absolute atomic E-state index is 8.80. The van der Waals surface area contributed by atoms with Gasteiger partial charge in [0.15, 0.2) is 0 Å². The Hall–Kier alpha value is -17.8. The topological polar surface area (TPSA) is 39.4 Å². The van der Waals surface area contributed by atoms with E-state index in [-0.39, 0.29) is 29.7 Å². The van der Waals surface area contributed by atoms with Crippen LogP contribution in [0.1, 0.15) is 6.85 Å². The lowest BCUT2D eigenvalue weighted by atomic mass is 9.85. The molecule has 0 saturated carbocycles. The number of hydrogen-bond acceptors (Lipinski definition) is 3. The lowest BCUT2D eigenvalue weighted by Crippen LogP contribution is -1.91. The first-order chi connectivity index (χ1) is 69.1. The molecular formula is C132H82O3. The highest BCUT2D eigenvalue weighted by molar-refractivity contribution is 6.28. The molecule has 0 radical (unpaired) electrons. The van der Waals surface area contributed by atoms with E-state index in [2.05, 4.69) is 419 Å². The molecule has 3 heterocycles. The molecule has 628 valence electrons. The minimum absolute atomic E-state index is 0.207. The molecule has 0 spiro atoms. The van der Waals surface area contributed by atoms with E-state index in [1.807, 2.05) is 48.5 Å². The summed E-state index contributed by atoms with van der Waals surface area (Å²) in [5, 5.41) is 27.8. The third kappa shape index (κ3) is 13.3. The Balaban J connectivity index is 0.000000108. The van der Waals surface area contributed by atoms with E-state index >= 15 is 0 Å². The van der Waals surface area contributed by atoms with Crippen molar-refractivity contribution in [1.82, 2.24) is 0 Å². The Bertz CT molecular complexity index is 9710. The highest BCUT2D eigenvalue weighted by atomic mass is 16.3. The van der Waals surface area contributed by atoms with Crippen LogP contribution in [0.5, 0.6) is 0 Å². The fraction of sp³-hybridized carbons (Fsp3) is 0. The van der Waals surface area contributed by atoms with Crippen molar-refractivity contribution in [2.24, 2.45) is 0 Å². The molecule has 28 rings (SSSR count). The Morgan fingerprint density at radius 3 is 0.837 bits per heavy atom. The van der Waals surface area contributed by atoms with Crippen LogP contribution in [0.3, 0.4) is 0 Å². The van der Waals surface area contributed by atoms with Crippen molar-refractivity contribution in [3.05, 3.63) is 497 Å². The summed E-state index contributed by atoms with van der Waals surface area (Å²) >= 11 is 0. The standard InChI is InChI=1S/C48H30O.2C42H26O/c1-2-11-31(12-3-1)32-21-25-35(26-22-32)45-39-15-6-8-17-41(39)46(42-18-9-7-16-40(42)45)36-27-23-34(24-28-36)38-19-10-20-43-47(38)48-37-14-5-4-13-33(37)29-30-44(48)49-43;1-2-12-29(13-3-1)39-33-15-6-8-17-35(33)40(36-18-9-7-16-34(36)39)30-23-21-28(22-24-30)32-19-10-20-37-41-31-14-5-4-11-27(31)25-26-38(41)43-42(32)37;1-2-11-29(12-3-1)40-33-14-6-8-16-35(33)41(36-17-9-7-15-34(36)40)30-20-18-27(19-21-30)31-23-24-38-37(26-31)42-32-13-5-4-10-28(32)22-25-39(42)43-38/h1-30H;2*1-26H/i;1D,2D,3D,12D,13D;. The van der Waals surface area contributed by atoms with Gasteiger partial charge in [-0.25, -0.2) is 0 Å². The molecule has 0 aliphatic heterocycles. The van der Waals surface area contributed by atoms with Crippen molar-refractivity contribution in [2.75, 3.05) is 0 Å². The lowest BCUT2D eigenvalue weighted by molar-refractivity contribution is 0.669. The van der Waals surface area contributed by atoms with E-state index in [1.165, 1.54) is 169 Å². The van der Waals surface area contributed by atoms with Crippen molar-refractivity contribution in [3.8, 4) is 111 Å². The summed E-state index contributed by atoms with van der Waals surface area (Å²) in [6.07, 6.45) is 0. The quantitative estimate of drug-likeness (QED) is 0.128. The van der Waals surface area contributed by atoms with Gasteiger partial charge >= 0.3 is 0 Å². The molecule has 0 atom stereocenters. The summed E-state index contributed by atoms with van der Waals surface area (Å²) in [4.78, 5) is 0. The molecule has 0 amide bonds. The van der Waals surface area contributed by atoms with E-state index in [9.17, 15) is 0 Å². The molecule has 0 N–H and O–H groups in total. The Labute approximate surface area is 786 Å². The first-order valence-corrected chi connectivity index (χ1v) is 46.0. The largest absolute Gasteiger partial charge is 0.456 e. The van der Waals surface area contributed by atoms with Crippen LogP contribution in [0.25, 0.3) is 274 Å². The predicted octanol–water partition coefficient (Wildman–Crippen LogP) is 37.8. The molecule has 0 unspecified atom stereocenters. The first-order valence-electron chi connectivity index (χ1n) is 48.5. The number of hydrogen-bond donors (Lipinski definition) is 0. The summed E-state index contributed by atoms with van der Waals surface area (Å²) in [6, 6.07) is 164. The van der Waals surface area contributed by atoms with Gasteiger partial charge in [0.05, 0.1) is 6.85 Å². The van der Waals surface area contributed by atoms with Crippen molar-refractivity contribution < 1.29 is 20.1 Å². The van der Waals surface area contributed by atoms with Gasteiger partial charge in [0.1, 0.15) is 33.5 Å². The normalized spacial score (nSPS) is 12.2. The number of rotatable bonds is 10. The Morgan fingerprint density at radius 2 is 0.407 bits per heavy atom. The molecule has 0 fully saturated rings. The van der Waals surface area contributed by atoms with Crippen LogP contribution in [0.4, 0.5) is 0 Å². The van der Waals surface area contributed by atoms with E-state index < -0.39 is 6.04 Å². The lowest BCUT2D eigenvalue weighted by Gasteiger charge is -2.18. The van der Waals surface area contributed by atoms with Gasteiger partial charge in [0.2, 0.25) is 0 Å². The van der Waals surface area contributed by atoms with Gasteiger partial charge in [-0.1, -0.05) is 461 Å². The van der Waals surface area contributed by atoms with Crippen LogP contribution in [-0.2, 0) is 0 Å². The average Bonchev–Trinajstić information content (AvgIpc) is 1.00. The minimum Gasteiger partial charge on any atom is -0.456 e. The predicted molar refractivity (Wildman–Crippen MR) is 573 cm³/mol. The molecule has 3 aromatic heterocycles. The molecule has 0 aliphatic carbocycles. The number of fused-ring (bicyclic) bond motifs is 21. The highest BCUT2D eigenvalue weighted by Crippen LogP contribution is 2.51. The molecule has 3 heteroatoms. The Morgan fingerprint density at radius 1 is 0.141 bits per heavy atom. The second-order valence-electron chi connectivity index (χ2n) is 34.9. The van der Waals surface area contributed by atoms with Gasteiger partial charge in [0, 0.05) is 37.9 Å². The van der Waals surface area contributed by atoms with E-state index in [1.54, 1.807) is 0 Å². The molecule has 28 aromatic rings. The number of furan rings is 3. The van der Waals surface area contributed by atoms with E-state index in [0.717, 1.165) is 93.5 Å². The second-order valence-corrected chi connectivity index (χ2v) is 34.9. The second kappa shape index (κ2) is 32.7. The molecule has 25 aromatic carbocycles. The summed E-state index contributed by atoms with van der Waals surface area (Å²) in [5.74, 6) is 0. The molecule has 0 bridgehead atoms. The maximum Gasteiger partial charge on any atom is 0.143 e. The highest BCUT2D eigenvalue weighted by Gasteiger charge is 2.25. The van der Waals surface area contributed by atoms with Crippen molar-refractivity contribution >= 4 is 163 Å². The van der Waals surface area contributed by atoms with Crippen molar-refractivity contribution in [2.45, 2.75) is 0 Å². The third-order valence-electron chi connectivity index (χ3n) is 27.5. The van der Waals surface area contributed by atoms with Crippen LogP contribution >= 0.6 is 0 Å². The van der Waals surface area contributed by atoms with Crippen LogP contribution in [0, 0.1) is 0 Å². The summed E-state index contributed by atoms with van der Waals surface area (Å²) in [6.45, 7) is 0. The van der Waals surface area contributed by atoms with Gasteiger partial charge in [-0.3, -0.25) is 0 Å². The summed E-state index contributed by atoms with van der Waals surface area (Å²) in [5.41, 5.74) is 27.5. The molecule has 135 heavy (non-hydrogen) atoms. The van der Waals surface area contributed by atoms with E-state index in [4.69, 9.17) is 20.1 Å². The fourth-order valence-electron chi connectivity index (χ4n) is 21.5.